The number of carbonyl (C=O) groups is 3. The van der Waals surface area contributed by atoms with Gasteiger partial charge in [-0.3, -0.25) is 14.4 Å². The molecule has 200 valence electrons. The first-order chi connectivity index (χ1) is 16.7. The Morgan fingerprint density at radius 1 is 1.11 bits per heavy atom. The summed E-state index contributed by atoms with van der Waals surface area (Å²) >= 11 is 0. The summed E-state index contributed by atoms with van der Waals surface area (Å²) < 4.78 is 5.74. The fraction of sp³-hybridized carbons (Fsp3) is 0.792. The largest absolute Gasteiger partial charge is 0.391 e. The third-order valence-electron chi connectivity index (χ3n) is 6.31. The van der Waals surface area contributed by atoms with Crippen molar-refractivity contribution in [1.82, 2.24) is 16.0 Å². The van der Waals surface area contributed by atoms with Gasteiger partial charge in [0.1, 0.15) is 12.1 Å². The second-order valence-electron chi connectivity index (χ2n) is 9.20. The summed E-state index contributed by atoms with van der Waals surface area (Å²) in [5, 5.41) is 30.0. The lowest BCUT2D eigenvalue weighted by atomic mass is 9.92. The molecule has 0 aromatic rings. The molecule has 0 saturated carbocycles. The second kappa shape index (κ2) is 15.8. The third kappa shape index (κ3) is 10.3. The van der Waals surface area contributed by atoms with Crippen LogP contribution in [0, 0.1) is 5.92 Å². The molecule has 1 fully saturated rings. The molecule has 0 radical (unpaired) electrons. The molecule has 2 aliphatic rings. The lowest BCUT2D eigenvalue weighted by molar-refractivity contribution is -0.151. The van der Waals surface area contributed by atoms with Crippen LogP contribution in [0.1, 0.15) is 65.7 Å². The van der Waals surface area contributed by atoms with E-state index in [4.69, 9.17) is 4.74 Å². The van der Waals surface area contributed by atoms with Crippen LogP contribution in [0.4, 0.5) is 0 Å². The molecular formula is C24H41N3O6S2. The topological polar surface area (TPSA) is 137 Å². The molecule has 2 bridgehead atoms. The normalized spacial score (nSPS) is 33.8. The smallest absolute Gasteiger partial charge is 0.243 e. The highest BCUT2D eigenvalue weighted by Gasteiger charge is 2.33. The average Bonchev–Trinajstić information content (AvgIpc) is 2.81. The van der Waals surface area contributed by atoms with Gasteiger partial charge in [-0.2, -0.15) is 0 Å². The molecular weight excluding hydrogens is 490 g/mol. The van der Waals surface area contributed by atoms with Crippen LogP contribution in [0.3, 0.4) is 0 Å². The number of carbonyl (C=O) groups excluding carboxylic acids is 3. The molecule has 3 amide bonds. The van der Waals surface area contributed by atoms with Gasteiger partial charge >= 0.3 is 0 Å². The number of nitrogens with one attached hydrogen (secondary N) is 3. The number of fused-ring (bicyclic) bond motifs is 7. The summed E-state index contributed by atoms with van der Waals surface area (Å²) in [6.07, 6.45) is 3.80. The average molecular weight is 532 g/mol. The number of amides is 3. The molecule has 9 nitrogen and oxygen atoms in total. The number of ether oxygens (including phenoxy) is 1. The monoisotopic (exact) mass is 531 g/mol. The van der Waals surface area contributed by atoms with Crippen LogP contribution in [0.5, 0.6) is 0 Å². The fourth-order valence-corrected chi connectivity index (χ4v) is 6.17. The van der Waals surface area contributed by atoms with Crippen LogP contribution in [0.2, 0.25) is 0 Å². The van der Waals surface area contributed by atoms with Crippen molar-refractivity contribution in [2.24, 2.45) is 5.92 Å². The van der Waals surface area contributed by atoms with E-state index in [2.05, 4.69) is 16.0 Å². The van der Waals surface area contributed by atoms with Crippen molar-refractivity contribution >= 4 is 39.3 Å². The van der Waals surface area contributed by atoms with Gasteiger partial charge in [-0.1, -0.05) is 73.8 Å². The Morgan fingerprint density at radius 3 is 2.60 bits per heavy atom. The van der Waals surface area contributed by atoms with Gasteiger partial charge in [0.15, 0.2) is 6.29 Å². The number of aliphatic hydroxyl groups excluding tert-OH is 2. The van der Waals surface area contributed by atoms with E-state index in [0.717, 1.165) is 25.0 Å². The van der Waals surface area contributed by atoms with Gasteiger partial charge in [-0.15, -0.1) is 0 Å². The van der Waals surface area contributed by atoms with Gasteiger partial charge in [0.2, 0.25) is 17.7 Å². The molecule has 2 unspecified atom stereocenters. The Labute approximate surface area is 216 Å². The van der Waals surface area contributed by atoms with E-state index in [1.165, 1.54) is 10.8 Å². The zero-order valence-corrected chi connectivity index (χ0v) is 22.5. The van der Waals surface area contributed by atoms with Gasteiger partial charge in [0, 0.05) is 17.9 Å². The minimum Gasteiger partial charge on any atom is -0.391 e. The first-order valence-electron chi connectivity index (χ1n) is 12.6. The van der Waals surface area contributed by atoms with Crippen molar-refractivity contribution in [2.75, 3.05) is 11.5 Å². The summed E-state index contributed by atoms with van der Waals surface area (Å²) in [5.74, 6) is -0.139. The summed E-state index contributed by atoms with van der Waals surface area (Å²) in [7, 11) is 3.09. The van der Waals surface area contributed by atoms with E-state index in [0.29, 0.717) is 18.6 Å². The van der Waals surface area contributed by atoms with Crippen LogP contribution in [-0.2, 0) is 19.1 Å². The molecule has 5 N–H and O–H groups in total. The summed E-state index contributed by atoms with van der Waals surface area (Å²) in [6, 6.07) is -2.25. The Hall–Kier alpha value is -1.27. The molecule has 0 spiro atoms. The minimum absolute atomic E-state index is 0.0726. The first-order valence-corrected chi connectivity index (χ1v) is 15.1. The summed E-state index contributed by atoms with van der Waals surface area (Å²) in [5.41, 5.74) is 0. The maximum atomic E-state index is 13.3. The van der Waals surface area contributed by atoms with Crippen LogP contribution < -0.4 is 16.0 Å². The predicted octanol–water partition coefficient (Wildman–Crippen LogP) is 1.88. The number of rotatable bonds is 5. The lowest BCUT2D eigenvalue weighted by Gasteiger charge is -2.32. The van der Waals surface area contributed by atoms with Gasteiger partial charge < -0.3 is 30.9 Å². The molecule has 11 heteroatoms. The first kappa shape index (κ1) is 30.0. The van der Waals surface area contributed by atoms with E-state index in [9.17, 15) is 24.6 Å². The van der Waals surface area contributed by atoms with Crippen LogP contribution in [0.25, 0.3) is 0 Å². The lowest BCUT2D eigenvalue weighted by Crippen LogP contribution is -2.58. The number of allylic oxidation sites excluding steroid dienone is 1. The zero-order chi connectivity index (χ0) is 25.8. The van der Waals surface area contributed by atoms with E-state index in [1.807, 2.05) is 26.8 Å². The van der Waals surface area contributed by atoms with E-state index >= 15 is 0 Å². The highest BCUT2D eigenvalue weighted by atomic mass is 33.1. The summed E-state index contributed by atoms with van der Waals surface area (Å²) in [6.45, 7) is 5.88. The van der Waals surface area contributed by atoms with E-state index in [1.54, 1.807) is 16.9 Å². The van der Waals surface area contributed by atoms with Crippen molar-refractivity contribution in [1.29, 1.82) is 0 Å². The van der Waals surface area contributed by atoms with Crippen LogP contribution in [-0.4, -0.2) is 76.1 Å². The van der Waals surface area contributed by atoms with Crippen molar-refractivity contribution < 1.29 is 29.3 Å². The highest BCUT2D eigenvalue weighted by Crippen LogP contribution is 2.24. The van der Waals surface area contributed by atoms with Crippen LogP contribution in [0.15, 0.2) is 12.2 Å². The molecule has 0 aromatic heterocycles. The Bertz CT molecular complexity index is 725. The predicted molar refractivity (Wildman–Crippen MR) is 140 cm³/mol. The maximum Gasteiger partial charge on any atom is 0.243 e. The van der Waals surface area contributed by atoms with Gasteiger partial charge in [0.05, 0.1) is 24.7 Å². The third-order valence-corrected chi connectivity index (χ3v) is 8.76. The van der Waals surface area contributed by atoms with Gasteiger partial charge in [-0.25, -0.2) is 0 Å². The van der Waals surface area contributed by atoms with Crippen molar-refractivity contribution in [2.45, 2.75) is 102 Å². The fourth-order valence-electron chi connectivity index (χ4n) is 4.02. The number of aliphatic hydroxyl groups is 2. The molecule has 35 heavy (non-hydrogen) atoms. The standard InChI is InChI=1S/C24H41N3O6S2/c1-4-6-10-17-23(31)26-18-14-35-34-11-8-7-9-16(12-20(29)25-17)33-21(30)13-19(28)22(15(3)5-2)27-24(18)32/h7,9,15-19,21-22,28,30H,4-6,8,10-14H2,1-3H3,(H,25,29)(H,26,31)(H,27,32)/b9-7+/t15?,16-,17-,18-,19+,21?,22-/m1/s1. The molecule has 0 aromatic carbocycles. The maximum absolute atomic E-state index is 13.3. The number of unbranched alkanes of at least 4 members (excludes halogenated alkanes) is 1. The zero-order valence-electron chi connectivity index (χ0n) is 20.9. The van der Waals surface area contributed by atoms with Crippen molar-refractivity contribution in [3.8, 4) is 0 Å². The SMILES string of the molecule is CCCC[C@H]1NC(=O)C[C@H]2/C=C/CCSSC[C@@H](NC1=O)C(=O)N[C@H](C(C)CC)[C@@H](O)CC(O)O2. The number of hydrogen-bond acceptors (Lipinski definition) is 8. The molecule has 2 rings (SSSR count). The van der Waals surface area contributed by atoms with E-state index in [-0.39, 0.29) is 24.7 Å². The Balaban J connectivity index is 2.45. The minimum atomic E-state index is -1.33. The van der Waals surface area contributed by atoms with E-state index < -0.39 is 48.4 Å². The summed E-state index contributed by atoms with van der Waals surface area (Å²) in [4.78, 5) is 39.3. The second-order valence-corrected chi connectivity index (χ2v) is 11.8. The highest BCUT2D eigenvalue weighted by molar-refractivity contribution is 8.76. The Kier molecular flexibility index (Phi) is 13.5. The van der Waals surface area contributed by atoms with Crippen molar-refractivity contribution in [3.05, 3.63) is 12.2 Å². The van der Waals surface area contributed by atoms with Gasteiger partial charge in [0.25, 0.3) is 0 Å². The number of hydrogen-bond donors (Lipinski definition) is 5. The quantitative estimate of drug-likeness (QED) is 0.268. The molecule has 0 aliphatic carbocycles. The molecule has 2 aliphatic heterocycles. The molecule has 2 heterocycles. The van der Waals surface area contributed by atoms with Crippen LogP contribution >= 0.6 is 21.6 Å². The van der Waals surface area contributed by atoms with Gasteiger partial charge in [-0.05, 0) is 18.8 Å². The molecule has 1 saturated heterocycles. The Morgan fingerprint density at radius 2 is 1.89 bits per heavy atom. The van der Waals surface area contributed by atoms with Crippen molar-refractivity contribution in [3.63, 3.8) is 0 Å². The molecule has 7 atom stereocenters.